The number of amides is 1. The van der Waals surface area contributed by atoms with E-state index in [0.29, 0.717) is 13.2 Å². The summed E-state index contributed by atoms with van der Waals surface area (Å²) in [6.45, 7) is 2.70. The molecule has 0 radical (unpaired) electrons. The lowest BCUT2D eigenvalue weighted by molar-refractivity contribution is -0.158. The summed E-state index contributed by atoms with van der Waals surface area (Å²) < 4.78 is 6.09. The molecule has 1 heterocycles. The van der Waals surface area contributed by atoms with Crippen molar-refractivity contribution in [2.45, 2.75) is 19.4 Å². The van der Waals surface area contributed by atoms with Gasteiger partial charge in [-0.2, -0.15) is 0 Å². The van der Waals surface area contributed by atoms with Crippen molar-refractivity contribution in [1.82, 2.24) is 4.90 Å². The second kappa shape index (κ2) is 6.37. The van der Waals surface area contributed by atoms with Crippen LogP contribution in [0.25, 0.3) is 0 Å². The van der Waals surface area contributed by atoms with E-state index in [0.717, 1.165) is 15.6 Å². The van der Waals surface area contributed by atoms with Gasteiger partial charge in [-0.05, 0) is 30.2 Å². The number of ether oxygens (including phenoxy) is 1. The third kappa shape index (κ3) is 3.37. The van der Waals surface area contributed by atoms with Crippen molar-refractivity contribution in [3.05, 3.63) is 33.8 Å². The van der Waals surface area contributed by atoms with Crippen LogP contribution in [0.1, 0.15) is 11.1 Å². The SMILES string of the molecule is Cc1cc(Br)ccc1CC(=O)N1CCOCC1C(=O)O. The molecular weight excluding hydrogens is 326 g/mol. The van der Waals surface area contributed by atoms with Crippen LogP contribution in [0.2, 0.25) is 0 Å². The van der Waals surface area contributed by atoms with E-state index in [1.165, 1.54) is 4.90 Å². The molecule has 0 spiro atoms. The Hall–Kier alpha value is -1.40. The zero-order valence-electron chi connectivity index (χ0n) is 11.1. The molecule has 1 atom stereocenters. The van der Waals surface area contributed by atoms with Crippen LogP contribution in [-0.2, 0) is 20.7 Å². The van der Waals surface area contributed by atoms with Crippen LogP contribution in [-0.4, -0.2) is 47.7 Å². The standard InChI is InChI=1S/C14H16BrNO4/c1-9-6-11(15)3-2-10(9)7-13(17)16-4-5-20-8-12(16)14(18)19/h2-3,6,12H,4-5,7-8H2,1H3,(H,18,19). The van der Waals surface area contributed by atoms with Gasteiger partial charge in [-0.3, -0.25) is 4.79 Å². The van der Waals surface area contributed by atoms with E-state index < -0.39 is 12.0 Å². The van der Waals surface area contributed by atoms with Gasteiger partial charge in [0.1, 0.15) is 0 Å². The van der Waals surface area contributed by atoms with Gasteiger partial charge < -0.3 is 14.7 Å². The molecule has 0 aromatic heterocycles. The van der Waals surface area contributed by atoms with E-state index >= 15 is 0 Å². The lowest BCUT2D eigenvalue weighted by Crippen LogP contribution is -2.53. The smallest absolute Gasteiger partial charge is 0.328 e. The lowest BCUT2D eigenvalue weighted by atomic mass is 10.0. The summed E-state index contributed by atoms with van der Waals surface area (Å²) in [7, 11) is 0. The minimum Gasteiger partial charge on any atom is -0.480 e. The number of hydrogen-bond donors (Lipinski definition) is 1. The normalized spacial score (nSPS) is 18.9. The fourth-order valence-electron chi connectivity index (χ4n) is 2.23. The third-order valence-electron chi connectivity index (χ3n) is 3.38. The highest BCUT2D eigenvalue weighted by Crippen LogP contribution is 2.18. The molecule has 1 fully saturated rings. The van der Waals surface area contributed by atoms with E-state index in [-0.39, 0.29) is 18.9 Å². The van der Waals surface area contributed by atoms with Crippen molar-refractivity contribution in [1.29, 1.82) is 0 Å². The van der Waals surface area contributed by atoms with Crippen LogP contribution >= 0.6 is 15.9 Å². The van der Waals surface area contributed by atoms with Crippen LogP contribution in [0.5, 0.6) is 0 Å². The summed E-state index contributed by atoms with van der Waals surface area (Å²) in [4.78, 5) is 24.9. The fraction of sp³-hybridized carbons (Fsp3) is 0.429. The first-order valence-electron chi connectivity index (χ1n) is 6.34. The third-order valence-corrected chi connectivity index (χ3v) is 3.87. The molecule has 1 aliphatic heterocycles. The highest BCUT2D eigenvalue weighted by atomic mass is 79.9. The number of morpholine rings is 1. The molecule has 1 aromatic rings. The summed E-state index contributed by atoms with van der Waals surface area (Å²) in [5.41, 5.74) is 1.92. The minimum absolute atomic E-state index is 0.0559. The summed E-state index contributed by atoms with van der Waals surface area (Å²) >= 11 is 3.38. The van der Waals surface area contributed by atoms with Gasteiger partial charge in [0.25, 0.3) is 0 Å². The number of halogens is 1. The number of hydrogen-bond acceptors (Lipinski definition) is 3. The van der Waals surface area contributed by atoms with Crippen molar-refractivity contribution in [2.24, 2.45) is 0 Å². The Morgan fingerprint density at radius 2 is 2.25 bits per heavy atom. The maximum Gasteiger partial charge on any atom is 0.328 e. The molecule has 1 aromatic carbocycles. The molecule has 0 saturated carbocycles. The number of carboxylic acids is 1. The number of carbonyl (C=O) groups is 2. The van der Waals surface area contributed by atoms with Gasteiger partial charge in [0, 0.05) is 11.0 Å². The molecule has 108 valence electrons. The molecule has 1 amide bonds. The monoisotopic (exact) mass is 341 g/mol. The zero-order chi connectivity index (χ0) is 14.7. The Balaban J connectivity index is 2.12. The van der Waals surface area contributed by atoms with Gasteiger partial charge in [0.2, 0.25) is 5.91 Å². The molecular formula is C14H16BrNO4. The van der Waals surface area contributed by atoms with E-state index in [2.05, 4.69) is 15.9 Å². The maximum atomic E-state index is 12.3. The number of benzene rings is 1. The predicted octanol–water partition coefficient (Wildman–Crippen LogP) is 1.61. The van der Waals surface area contributed by atoms with E-state index in [1.807, 2.05) is 25.1 Å². The molecule has 0 bridgehead atoms. The van der Waals surface area contributed by atoms with Gasteiger partial charge >= 0.3 is 5.97 Å². The van der Waals surface area contributed by atoms with Gasteiger partial charge in [-0.1, -0.05) is 22.0 Å². The Kier molecular flexibility index (Phi) is 4.77. The maximum absolute atomic E-state index is 12.3. The average molecular weight is 342 g/mol. The lowest BCUT2D eigenvalue weighted by Gasteiger charge is -2.33. The Morgan fingerprint density at radius 3 is 2.90 bits per heavy atom. The molecule has 1 unspecified atom stereocenters. The van der Waals surface area contributed by atoms with Crippen molar-refractivity contribution >= 4 is 27.8 Å². The molecule has 20 heavy (non-hydrogen) atoms. The molecule has 1 N–H and O–H groups in total. The second-order valence-corrected chi connectivity index (χ2v) is 5.68. The van der Waals surface area contributed by atoms with E-state index in [1.54, 1.807) is 0 Å². The number of rotatable bonds is 3. The van der Waals surface area contributed by atoms with Crippen LogP contribution in [0, 0.1) is 6.92 Å². The molecule has 1 aliphatic rings. The number of nitrogens with zero attached hydrogens (tertiary/aromatic N) is 1. The number of aryl methyl sites for hydroxylation is 1. The van der Waals surface area contributed by atoms with Gasteiger partial charge in [-0.25, -0.2) is 4.79 Å². The van der Waals surface area contributed by atoms with Crippen molar-refractivity contribution in [2.75, 3.05) is 19.8 Å². The number of carbonyl (C=O) groups excluding carboxylic acids is 1. The Labute approximate surface area is 125 Å². The van der Waals surface area contributed by atoms with Gasteiger partial charge in [0.05, 0.1) is 19.6 Å². The van der Waals surface area contributed by atoms with Crippen molar-refractivity contribution < 1.29 is 19.4 Å². The Morgan fingerprint density at radius 1 is 1.50 bits per heavy atom. The molecule has 0 aliphatic carbocycles. The summed E-state index contributed by atoms with van der Waals surface area (Å²) in [5.74, 6) is -1.20. The van der Waals surface area contributed by atoms with Crippen LogP contribution in [0.4, 0.5) is 0 Å². The summed E-state index contributed by atoms with van der Waals surface area (Å²) in [5, 5.41) is 9.13. The largest absolute Gasteiger partial charge is 0.480 e. The second-order valence-electron chi connectivity index (χ2n) is 4.76. The Bertz CT molecular complexity index is 532. The number of aliphatic carboxylic acids is 1. The number of carboxylic acid groups (broad SMARTS) is 1. The fourth-order valence-corrected chi connectivity index (χ4v) is 2.70. The van der Waals surface area contributed by atoms with Crippen molar-refractivity contribution in [3.8, 4) is 0 Å². The van der Waals surface area contributed by atoms with Gasteiger partial charge in [-0.15, -0.1) is 0 Å². The highest BCUT2D eigenvalue weighted by Gasteiger charge is 2.32. The molecule has 1 saturated heterocycles. The summed E-state index contributed by atoms with van der Waals surface area (Å²) in [6, 6.07) is 4.82. The minimum atomic E-state index is -1.02. The van der Waals surface area contributed by atoms with Crippen LogP contribution < -0.4 is 0 Å². The first kappa shape index (κ1) is 15.0. The molecule has 6 heteroatoms. The first-order valence-corrected chi connectivity index (χ1v) is 7.13. The summed E-state index contributed by atoms with van der Waals surface area (Å²) in [6.07, 6.45) is 0.211. The predicted molar refractivity (Wildman–Crippen MR) is 76.5 cm³/mol. The van der Waals surface area contributed by atoms with Crippen molar-refractivity contribution in [3.63, 3.8) is 0 Å². The molecule has 5 nitrogen and oxygen atoms in total. The molecule has 2 rings (SSSR count). The van der Waals surface area contributed by atoms with E-state index in [4.69, 9.17) is 9.84 Å². The van der Waals surface area contributed by atoms with Crippen LogP contribution in [0.3, 0.4) is 0 Å². The van der Waals surface area contributed by atoms with E-state index in [9.17, 15) is 9.59 Å². The average Bonchev–Trinajstić information content (AvgIpc) is 2.41. The topological polar surface area (TPSA) is 66.8 Å². The van der Waals surface area contributed by atoms with Gasteiger partial charge in [0.15, 0.2) is 6.04 Å². The van der Waals surface area contributed by atoms with Crippen LogP contribution in [0.15, 0.2) is 22.7 Å². The highest BCUT2D eigenvalue weighted by molar-refractivity contribution is 9.10. The quantitative estimate of drug-likeness (QED) is 0.906. The zero-order valence-corrected chi connectivity index (χ0v) is 12.7. The first-order chi connectivity index (χ1) is 9.49.